The molecule has 7 rings (SSSR count). The number of nitrogens with zero attached hydrogens (tertiary/aromatic N) is 4. The van der Waals surface area contributed by atoms with Crippen LogP contribution in [0.3, 0.4) is 0 Å². The third kappa shape index (κ3) is 6.01. The molecule has 0 spiro atoms. The predicted octanol–water partition coefficient (Wildman–Crippen LogP) is 6.17. The SMILES string of the molecule is COc1cc(-n2ccc3c(-c4cccc(-c5ccc(CN6CC(C)(O)C6)c(OC)n5)c4Cl)cccc32)cc(OC)c1CN1CC(C)(O)C1. The predicted molar refractivity (Wildman–Crippen MR) is 188 cm³/mol. The molecule has 10 heteroatoms. The number of halogens is 1. The van der Waals surface area contributed by atoms with Gasteiger partial charge in [-0.05, 0) is 37.6 Å². The van der Waals surface area contributed by atoms with Crippen molar-refractivity contribution in [2.75, 3.05) is 47.5 Å². The highest BCUT2D eigenvalue weighted by Gasteiger charge is 2.38. The highest BCUT2D eigenvalue weighted by atomic mass is 35.5. The van der Waals surface area contributed by atoms with Crippen molar-refractivity contribution < 1.29 is 24.4 Å². The smallest absolute Gasteiger partial charge is 0.218 e. The van der Waals surface area contributed by atoms with Gasteiger partial charge in [0.15, 0.2) is 0 Å². The van der Waals surface area contributed by atoms with Gasteiger partial charge < -0.3 is 29.0 Å². The lowest BCUT2D eigenvalue weighted by molar-refractivity contribution is -0.0877. The Hall–Kier alpha value is -4.12. The van der Waals surface area contributed by atoms with Crippen LogP contribution in [0.5, 0.6) is 17.4 Å². The first-order valence-electron chi connectivity index (χ1n) is 16.1. The molecule has 0 unspecified atom stereocenters. The molecule has 3 aromatic carbocycles. The highest BCUT2D eigenvalue weighted by Crippen LogP contribution is 2.41. The molecule has 48 heavy (non-hydrogen) atoms. The van der Waals surface area contributed by atoms with Crippen LogP contribution in [0.2, 0.25) is 5.02 Å². The quantitative estimate of drug-likeness (QED) is 0.183. The summed E-state index contributed by atoms with van der Waals surface area (Å²) in [5, 5.41) is 22.0. The third-order valence-electron chi connectivity index (χ3n) is 9.33. The van der Waals surface area contributed by atoms with Crippen molar-refractivity contribution in [1.82, 2.24) is 19.4 Å². The topological polar surface area (TPSA) is 92.5 Å². The van der Waals surface area contributed by atoms with Crippen molar-refractivity contribution >= 4 is 22.5 Å². The monoisotopic (exact) mass is 668 g/mol. The van der Waals surface area contributed by atoms with E-state index in [1.54, 1.807) is 21.3 Å². The summed E-state index contributed by atoms with van der Waals surface area (Å²) < 4.78 is 19.5. The summed E-state index contributed by atoms with van der Waals surface area (Å²) in [4.78, 5) is 9.19. The van der Waals surface area contributed by atoms with Crippen LogP contribution in [0, 0.1) is 0 Å². The van der Waals surface area contributed by atoms with Gasteiger partial charge in [-0.1, -0.05) is 48.0 Å². The van der Waals surface area contributed by atoms with E-state index in [1.807, 2.05) is 62.4 Å². The maximum atomic E-state index is 10.2. The fourth-order valence-electron chi connectivity index (χ4n) is 7.27. The van der Waals surface area contributed by atoms with Crippen LogP contribution in [-0.2, 0) is 13.1 Å². The van der Waals surface area contributed by atoms with E-state index in [9.17, 15) is 10.2 Å². The molecule has 9 nitrogen and oxygen atoms in total. The molecule has 2 aliphatic rings. The summed E-state index contributed by atoms with van der Waals surface area (Å²) in [5.74, 6) is 2.01. The van der Waals surface area contributed by atoms with Gasteiger partial charge in [-0.15, -0.1) is 0 Å². The summed E-state index contributed by atoms with van der Waals surface area (Å²) in [6.07, 6.45) is 2.05. The number of aliphatic hydroxyl groups is 2. The van der Waals surface area contributed by atoms with Crippen LogP contribution in [0.1, 0.15) is 25.0 Å². The van der Waals surface area contributed by atoms with Gasteiger partial charge in [-0.3, -0.25) is 9.80 Å². The van der Waals surface area contributed by atoms with E-state index in [2.05, 4.69) is 38.8 Å². The van der Waals surface area contributed by atoms with Crippen molar-refractivity contribution in [3.8, 4) is 45.5 Å². The Morgan fingerprint density at radius 3 is 1.98 bits per heavy atom. The molecule has 2 aliphatic heterocycles. The molecule has 0 amide bonds. The summed E-state index contributed by atoms with van der Waals surface area (Å²) in [5.41, 5.74) is 6.00. The Morgan fingerprint density at radius 2 is 1.35 bits per heavy atom. The van der Waals surface area contributed by atoms with Crippen molar-refractivity contribution in [3.05, 3.63) is 89.1 Å². The molecule has 4 heterocycles. The number of rotatable bonds is 10. The van der Waals surface area contributed by atoms with Gasteiger partial charge >= 0.3 is 0 Å². The first-order chi connectivity index (χ1) is 23.0. The average molecular weight is 669 g/mol. The van der Waals surface area contributed by atoms with Crippen molar-refractivity contribution in [3.63, 3.8) is 0 Å². The van der Waals surface area contributed by atoms with Crippen molar-refractivity contribution in [2.24, 2.45) is 0 Å². The number of ether oxygens (including phenoxy) is 3. The molecule has 0 bridgehead atoms. The van der Waals surface area contributed by atoms with E-state index in [1.165, 1.54) is 0 Å². The van der Waals surface area contributed by atoms with Crippen molar-refractivity contribution in [1.29, 1.82) is 0 Å². The van der Waals surface area contributed by atoms with E-state index in [0.29, 0.717) is 50.2 Å². The minimum atomic E-state index is -0.656. The zero-order chi connectivity index (χ0) is 33.8. The summed E-state index contributed by atoms with van der Waals surface area (Å²) >= 11 is 7.18. The largest absolute Gasteiger partial charge is 0.496 e. The third-order valence-corrected chi connectivity index (χ3v) is 9.74. The van der Waals surface area contributed by atoms with E-state index in [-0.39, 0.29) is 0 Å². The van der Waals surface area contributed by atoms with Crippen molar-refractivity contribution in [2.45, 2.75) is 38.1 Å². The van der Waals surface area contributed by atoms with Crippen LogP contribution in [0.4, 0.5) is 0 Å². The minimum absolute atomic E-state index is 0.549. The van der Waals surface area contributed by atoms with Gasteiger partial charge in [0.05, 0.1) is 60.0 Å². The fourth-order valence-corrected chi connectivity index (χ4v) is 7.59. The number of benzene rings is 3. The first-order valence-corrected chi connectivity index (χ1v) is 16.4. The number of β-amino-alcohol motifs (C(OH)–C–C–N with tert-alkyl or cyclic N) is 2. The van der Waals surface area contributed by atoms with Crippen LogP contribution in [-0.4, -0.2) is 88.3 Å². The maximum absolute atomic E-state index is 10.2. The number of hydrogen-bond acceptors (Lipinski definition) is 8. The molecule has 2 saturated heterocycles. The van der Waals surface area contributed by atoms with Crippen LogP contribution >= 0.6 is 11.6 Å². The average Bonchev–Trinajstić information content (AvgIpc) is 3.48. The van der Waals surface area contributed by atoms with Crippen LogP contribution in [0.15, 0.2) is 72.9 Å². The summed E-state index contributed by atoms with van der Waals surface area (Å²) in [6.45, 7) is 7.43. The lowest BCUT2D eigenvalue weighted by atomic mass is 9.96. The van der Waals surface area contributed by atoms with E-state index < -0.39 is 11.2 Å². The zero-order valence-electron chi connectivity index (χ0n) is 28.0. The van der Waals surface area contributed by atoms with E-state index >= 15 is 0 Å². The number of methoxy groups -OCH3 is 3. The molecular weight excluding hydrogens is 628 g/mol. The van der Waals surface area contributed by atoms with Gasteiger partial charge in [0.2, 0.25) is 5.88 Å². The van der Waals surface area contributed by atoms with Gasteiger partial charge in [-0.2, -0.15) is 0 Å². The van der Waals surface area contributed by atoms with Gasteiger partial charge in [0.25, 0.3) is 0 Å². The summed E-state index contributed by atoms with van der Waals surface area (Å²) in [6, 6.07) is 22.4. The maximum Gasteiger partial charge on any atom is 0.218 e. The molecule has 0 atom stereocenters. The van der Waals surface area contributed by atoms with Gasteiger partial charge in [0, 0.05) is 79.7 Å². The second kappa shape index (κ2) is 12.4. The Bertz CT molecular complexity index is 1960. The number of likely N-dealkylation sites (tertiary alicyclic amines) is 2. The molecule has 2 fully saturated rings. The summed E-state index contributed by atoms with van der Waals surface area (Å²) in [7, 11) is 4.97. The number of pyridine rings is 1. The minimum Gasteiger partial charge on any atom is -0.496 e. The molecule has 5 aromatic rings. The Balaban J connectivity index is 1.22. The Labute approximate surface area is 285 Å². The molecule has 0 radical (unpaired) electrons. The second-order valence-electron chi connectivity index (χ2n) is 13.6. The number of fused-ring (bicyclic) bond motifs is 1. The lowest BCUT2D eigenvalue weighted by Crippen LogP contribution is -2.59. The lowest BCUT2D eigenvalue weighted by Gasteiger charge is -2.44. The first kappa shape index (κ1) is 32.4. The van der Waals surface area contributed by atoms with E-state index in [0.717, 1.165) is 61.6 Å². The second-order valence-corrected chi connectivity index (χ2v) is 13.9. The van der Waals surface area contributed by atoms with E-state index in [4.69, 9.17) is 30.8 Å². The molecule has 0 aliphatic carbocycles. The molecular formula is C38H41ClN4O5. The highest BCUT2D eigenvalue weighted by molar-refractivity contribution is 6.36. The van der Waals surface area contributed by atoms with Gasteiger partial charge in [0.1, 0.15) is 11.5 Å². The fraction of sp³-hybridized carbons (Fsp3) is 0.342. The number of hydrogen-bond donors (Lipinski definition) is 2. The number of aromatic nitrogens is 2. The van der Waals surface area contributed by atoms with Crippen LogP contribution in [0.25, 0.3) is 39.0 Å². The van der Waals surface area contributed by atoms with Gasteiger partial charge in [-0.25, -0.2) is 4.98 Å². The molecule has 250 valence electrons. The molecule has 2 aromatic heterocycles. The van der Waals surface area contributed by atoms with Crippen LogP contribution < -0.4 is 14.2 Å². The zero-order valence-corrected chi connectivity index (χ0v) is 28.7. The standard InChI is InChI=1S/C38H41ClN4O5/c1-37(44)20-41(21-37)18-24-12-13-31(40-36(24)48-5)29-10-6-9-28(35(29)39)26-8-7-11-32-27(26)14-15-43(32)25-16-33(46-3)30(34(17-25)47-4)19-42-22-38(2,45)23-42/h6-17,44-45H,18-23H2,1-5H3. The Morgan fingerprint density at radius 1 is 0.750 bits per heavy atom. The normalized spacial score (nSPS) is 17.2. The molecule has 2 N–H and O–H groups in total. The molecule has 0 saturated carbocycles. The Kier molecular flexibility index (Phi) is 8.38.